The standard InChI is InChI=1S/C14H16BrClN2O/c1-9(2)7-17-8-11-6-14(19-18-11)12-4-3-10(15)5-13(12)16/h3-6,9,17H,7-8H2,1-2H3. The highest BCUT2D eigenvalue weighted by atomic mass is 79.9. The number of benzene rings is 1. The van der Waals surface area contributed by atoms with Crippen molar-refractivity contribution in [1.82, 2.24) is 10.5 Å². The molecule has 19 heavy (non-hydrogen) atoms. The molecular formula is C14H16BrClN2O. The smallest absolute Gasteiger partial charge is 0.168 e. The van der Waals surface area contributed by atoms with Crippen LogP contribution in [-0.4, -0.2) is 11.7 Å². The summed E-state index contributed by atoms with van der Waals surface area (Å²) in [5.41, 5.74) is 1.74. The van der Waals surface area contributed by atoms with E-state index < -0.39 is 0 Å². The monoisotopic (exact) mass is 342 g/mol. The van der Waals surface area contributed by atoms with Gasteiger partial charge in [-0.1, -0.05) is 46.5 Å². The Hall–Kier alpha value is -0.840. The van der Waals surface area contributed by atoms with E-state index in [2.05, 4.69) is 40.3 Å². The van der Waals surface area contributed by atoms with Crippen LogP contribution >= 0.6 is 27.5 Å². The molecule has 0 atom stereocenters. The molecule has 0 unspecified atom stereocenters. The maximum absolute atomic E-state index is 6.19. The van der Waals surface area contributed by atoms with Gasteiger partial charge >= 0.3 is 0 Å². The molecule has 0 radical (unpaired) electrons. The highest BCUT2D eigenvalue weighted by molar-refractivity contribution is 9.10. The van der Waals surface area contributed by atoms with Gasteiger partial charge in [0.25, 0.3) is 0 Å². The van der Waals surface area contributed by atoms with E-state index in [1.165, 1.54) is 0 Å². The van der Waals surface area contributed by atoms with Gasteiger partial charge in [-0.15, -0.1) is 0 Å². The molecule has 102 valence electrons. The summed E-state index contributed by atoms with van der Waals surface area (Å²) in [5.74, 6) is 1.31. The van der Waals surface area contributed by atoms with E-state index in [0.717, 1.165) is 22.3 Å². The number of halogens is 2. The number of rotatable bonds is 5. The molecule has 0 bridgehead atoms. The SMILES string of the molecule is CC(C)CNCc1cc(-c2ccc(Br)cc2Cl)on1. The molecule has 1 heterocycles. The van der Waals surface area contributed by atoms with E-state index in [0.29, 0.717) is 23.2 Å². The first-order valence-electron chi connectivity index (χ1n) is 6.18. The Morgan fingerprint density at radius 1 is 1.37 bits per heavy atom. The second kappa shape index (κ2) is 6.55. The zero-order chi connectivity index (χ0) is 13.8. The predicted molar refractivity (Wildman–Crippen MR) is 81.2 cm³/mol. The van der Waals surface area contributed by atoms with Gasteiger partial charge in [0, 0.05) is 22.6 Å². The van der Waals surface area contributed by atoms with Crippen molar-refractivity contribution in [2.45, 2.75) is 20.4 Å². The summed E-state index contributed by atoms with van der Waals surface area (Å²) >= 11 is 9.57. The van der Waals surface area contributed by atoms with Crippen molar-refractivity contribution >= 4 is 27.5 Å². The van der Waals surface area contributed by atoms with Crippen molar-refractivity contribution in [3.05, 3.63) is 39.5 Å². The highest BCUT2D eigenvalue weighted by Gasteiger charge is 2.10. The minimum atomic E-state index is 0.618. The van der Waals surface area contributed by atoms with Crippen LogP contribution in [0.25, 0.3) is 11.3 Å². The first-order valence-corrected chi connectivity index (χ1v) is 7.35. The second-order valence-corrected chi connectivity index (χ2v) is 6.15. The van der Waals surface area contributed by atoms with Crippen molar-refractivity contribution in [2.75, 3.05) is 6.54 Å². The Kier molecular flexibility index (Phi) is 5.02. The summed E-state index contributed by atoms with van der Waals surface area (Å²) in [6, 6.07) is 7.61. The van der Waals surface area contributed by atoms with Gasteiger partial charge in [-0.05, 0) is 30.7 Å². The van der Waals surface area contributed by atoms with Crippen LogP contribution < -0.4 is 5.32 Å². The highest BCUT2D eigenvalue weighted by Crippen LogP contribution is 2.30. The lowest BCUT2D eigenvalue weighted by molar-refractivity contribution is 0.418. The van der Waals surface area contributed by atoms with Gasteiger partial charge in [0.15, 0.2) is 5.76 Å². The van der Waals surface area contributed by atoms with Crippen LogP contribution in [0.4, 0.5) is 0 Å². The lowest BCUT2D eigenvalue weighted by Gasteiger charge is -2.04. The topological polar surface area (TPSA) is 38.1 Å². The van der Waals surface area contributed by atoms with Crippen LogP contribution in [0.2, 0.25) is 5.02 Å². The van der Waals surface area contributed by atoms with Crippen molar-refractivity contribution in [3.8, 4) is 11.3 Å². The molecule has 0 saturated heterocycles. The van der Waals surface area contributed by atoms with Crippen molar-refractivity contribution in [2.24, 2.45) is 5.92 Å². The maximum atomic E-state index is 6.19. The van der Waals surface area contributed by atoms with Crippen LogP contribution in [0.3, 0.4) is 0 Å². The fourth-order valence-electron chi connectivity index (χ4n) is 1.70. The number of nitrogens with zero attached hydrogens (tertiary/aromatic N) is 1. The van der Waals surface area contributed by atoms with Crippen molar-refractivity contribution in [3.63, 3.8) is 0 Å². The van der Waals surface area contributed by atoms with E-state index in [1.54, 1.807) is 0 Å². The van der Waals surface area contributed by atoms with Gasteiger partial charge in [-0.25, -0.2) is 0 Å². The molecule has 0 aliphatic carbocycles. The molecule has 2 aromatic rings. The molecule has 0 spiro atoms. The Morgan fingerprint density at radius 3 is 2.84 bits per heavy atom. The Balaban J connectivity index is 2.08. The van der Waals surface area contributed by atoms with E-state index in [-0.39, 0.29) is 0 Å². The number of hydrogen-bond donors (Lipinski definition) is 1. The molecule has 2 rings (SSSR count). The molecule has 0 amide bonds. The minimum absolute atomic E-state index is 0.618. The van der Waals surface area contributed by atoms with Gasteiger partial charge in [0.2, 0.25) is 0 Å². The van der Waals surface area contributed by atoms with E-state index in [1.807, 2.05) is 24.3 Å². The number of aromatic nitrogens is 1. The lowest BCUT2D eigenvalue weighted by atomic mass is 10.1. The van der Waals surface area contributed by atoms with Crippen LogP contribution in [0.15, 0.2) is 33.3 Å². The molecule has 1 aromatic heterocycles. The zero-order valence-electron chi connectivity index (χ0n) is 10.9. The predicted octanol–water partition coefficient (Wildman–Crippen LogP) is 4.50. The second-order valence-electron chi connectivity index (χ2n) is 4.83. The molecule has 0 fully saturated rings. The Labute approximate surface area is 126 Å². The molecule has 1 aromatic carbocycles. The maximum Gasteiger partial charge on any atom is 0.168 e. The van der Waals surface area contributed by atoms with E-state index in [9.17, 15) is 0 Å². The van der Waals surface area contributed by atoms with Gasteiger partial charge < -0.3 is 9.84 Å². The quantitative estimate of drug-likeness (QED) is 0.868. The number of nitrogens with one attached hydrogen (secondary N) is 1. The lowest BCUT2D eigenvalue weighted by Crippen LogP contribution is -2.18. The first-order chi connectivity index (χ1) is 9.06. The molecule has 1 N–H and O–H groups in total. The third-order valence-corrected chi connectivity index (χ3v) is 3.42. The van der Waals surface area contributed by atoms with Crippen LogP contribution in [-0.2, 0) is 6.54 Å². The van der Waals surface area contributed by atoms with Crippen molar-refractivity contribution in [1.29, 1.82) is 0 Å². The normalized spacial score (nSPS) is 11.2. The van der Waals surface area contributed by atoms with Crippen LogP contribution in [0.1, 0.15) is 19.5 Å². The average molecular weight is 344 g/mol. The summed E-state index contributed by atoms with van der Waals surface area (Å²) in [5, 5.41) is 8.02. The molecule has 5 heteroatoms. The van der Waals surface area contributed by atoms with Gasteiger partial charge in [0.05, 0.1) is 10.7 Å². The molecule has 0 aliphatic rings. The number of hydrogen-bond acceptors (Lipinski definition) is 3. The Bertz CT molecular complexity index is 554. The summed E-state index contributed by atoms with van der Waals surface area (Å²) in [6.45, 7) is 6.00. The van der Waals surface area contributed by atoms with Gasteiger partial charge in [0.1, 0.15) is 0 Å². The Morgan fingerprint density at radius 2 is 2.16 bits per heavy atom. The van der Waals surface area contributed by atoms with Crippen LogP contribution in [0, 0.1) is 5.92 Å². The third-order valence-electron chi connectivity index (χ3n) is 2.61. The molecular weight excluding hydrogens is 328 g/mol. The zero-order valence-corrected chi connectivity index (χ0v) is 13.3. The third kappa shape index (κ3) is 4.06. The summed E-state index contributed by atoms with van der Waals surface area (Å²) in [7, 11) is 0. The summed E-state index contributed by atoms with van der Waals surface area (Å²) in [4.78, 5) is 0. The van der Waals surface area contributed by atoms with Crippen LogP contribution in [0.5, 0.6) is 0 Å². The fourth-order valence-corrected chi connectivity index (χ4v) is 2.47. The fraction of sp³-hybridized carbons (Fsp3) is 0.357. The van der Waals surface area contributed by atoms with E-state index >= 15 is 0 Å². The van der Waals surface area contributed by atoms with Gasteiger partial charge in [-0.3, -0.25) is 0 Å². The summed E-state index contributed by atoms with van der Waals surface area (Å²) in [6.07, 6.45) is 0. The van der Waals surface area contributed by atoms with Gasteiger partial charge in [-0.2, -0.15) is 0 Å². The summed E-state index contributed by atoms with van der Waals surface area (Å²) < 4.78 is 6.28. The largest absolute Gasteiger partial charge is 0.356 e. The minimum Gasteiger partial charge on any atom is -0.356 e. The first kappa shape index (κ1) is 14.6. The molecule has 0 aliphatic heterocycles. The molecule has 3 nitrogen and oxygen atoms in total. The van der Waals surface area contributed by atoms with Crippen molar-refractivity contribution < 1.29 is 4.52 Å². The molecule has 0 saturated carbocycles. The average Bonchev–Trinajstić information content (AvgIpc) is 2.77. The van der Waals surface area contributed by atoms with E-state index in [4.69, 9.17) is 16.1 Å².